The average Bonchev–Trinajstić information content (AvgIpc) is 2.52. The largest absolute Gasteiger partial charge is 0.314 e. The molecule has 0 saturated carbocycles. The van der Waals surface area contributed by atoms with Crippen molar-refractivity contribution in [3.63, 3.8) is 0 Å². The molecule has 0 heterocycles. The van der Waals surface area contributed by atoms with Gasteiger partial charge in [-0.2, -0.15) is 0 Å². The highest BCUT2D eigenvalue weighted by Crippen LogP contribution is 2.26. The van der Waals surface area contributed by atoms with Crippen LogP contribution in [-0.2, 0) is 4.79 Å². The number of benzene rings is 2. The molecule has 2 aromatic carbocycles. The van der Waals surface area contributed by atoms with Crippen LogP contribution in [0.2, 0.25) is 0 Å². The normalized spacial score (nSPS) is 11.1. The summed E-state index contributed by atoms with van der Waals surface area (Å²) in [5.41, 5.74) is 1.29. The lowest BCUT2D eigenvalue weighted by atomic mass is 9.93. The Kier molecular flexibility index (Phi) is 4.45. The number of rotatable bonds is 3. The molecular formula is C19H21NO2. The molecule has 1 amide bonds. The molecule has 114 valence electrons. The highest BCUT2D eigenvalue weighted by Gasteiger charge is 2.28. The number of para-hydroxylation sites is 1. The van der Waals surface area contributed by atoms with E-state index >= 15 is 0 Å². The topological polar surface area (TPSA) is 37.4 Å². The van der Waals surface area contributed by atoms with Crippen molar-refractivity contribution in [1.82, 2.24) is 0 Å². The third-order valence-electron chi connectivity index (χ3n) is 3.49. The Morgan fingerprint density at radius 3 is 2.00 bits per heavy atom. The third kappa shape index (κ3) is 3.25. The molecule has 0 aliphatic heterocycles. The maximum Gasteiger partial charge on any atom is 0.232 e. The van der Waals surface area contributed by atoms with Gasteiger partial charge in [0.15, 0.2) is 5.78 Å². The molecule has 0 bridgehead atoms. The monoisotopic (exact) mass is 295 g/mol. The number of hydrogen-bond acceptors (Lipinski definition) is 2. The molecule has 2 rings (SSSR count). The second-order valence-electron chi connectivity index (χ2n) is 6.33. The molecule has 0 aliphatic carbocycles. The van der Waals surface area contributed by atoms with Gasteiger partial charge < -0.3 is 4.90 Å². The molecule has 0 N–H and O–H groups in total. The number of carbonyl (C=O) groups is 2. The van der Waals surface area contributed by atoms with Crippen molar-refractivity contribution >= 4 is 17.4 Å². The summed E-state index contributed by atoms with van der Waals surface area (Å²) in [7, 11) is 1.71. The van der Waals surface area contributed by atoms with Gasteiger partial charge in [0.25, 0.3) is 0 Å². The quantitative estimate of drug-likeness (QED) is 0.805. The van der Waals surface area contributed by atoms with Crippen LogP contribution in [0.15, 0.2) is 54.6 Å². The summed E-state index contributed by atoms with van der Waals surface area (Å²) in [6.07, 6.45) is 0. The molecule has 0 fully saturated rings. The van der Waals surface area contributed by atoms with Crippen LogP contribution >= 0.6 is 0 Å². The molecule has 0 radical (unpaired) electrons. The number of carbonyl (C=O) groups excluding carboxylic acids is 2. The summed E-state index contributed by atoms with van der Waals surface area (Å²) in [6.45, 7) is 5.61. The molecule has 0 atom stereocenters. The minimum atomic E-state index is -0.502. The smallest absolute Gasteiger partial charge is 0.232 e. The van der Waals surface area contributed by atoms with Crippen LogP contribution in [0.4, 0.5) is 5.69 Å². The highest BCUT2D eigenvalue weighted by atomic mass is 16.2. The average molecular weight is 295 g/mol. The van der Waals surface area contributed by atoms with Crippen molar-refractivity contribution in [1.29, 1.82) is 0 Å². The molecule has 0 saturated heterocycles. The van der Waals surface area contributed by atoms with Gasteiger partial charge in [0.1, 0.15) is 0 Å². The standard InChI is InChI=1S/C19H21NO2/c1-19(2,3)18(22)20(4)16-13-9-8-12-15(16)17(21)14-10-6-5-7-11-14/h5-13H,1-4H3. The molecule has 0 spiro atoms. The van der Waals surface area contributed by atoms with Gasteiger partial charge in [-0.1, -0.05) is 63.2 Å². The van der Waals surface area contributed by atoms with E-state index < -0.39 is 5.41 Å². The highest BCUT2D eigenvalue weighted by molar-refractivity contribution is 6.14. The van der Waals surface area contributed by atoms with Crippen LogP contribution in [0.25, 0.3) is 0 Å². The van der Waals surface area contributed by atoms with Gasteiger partial charge in [-0.05, 0) is 12.1 Å². The van der Waals surface area contributed by atoms with Crippen molar-refractivity contribution in [3.05, 3.63) is 65.7 Å². The Morgan fingerprint density at radius 1 is 0.864 bits per heavy atom. The van der Waals surface area contributed by atoms with Gasteiger partial charge in [0.05, 0.1) is 5.69 Å². The van der Waals surface area contributed by atoms with Crippen molar-refractivity contribution in [2.24, 2.45) is 5.41 Å². The minimum Gasteiger partial charge on any atom is -0.314 e. The Hall–Kier alpha value is -2.42. The second kappa shape index (κ2) is 6.14. The zero-order valence-corrected chi connectivity index (χ0v) is 13.5. The van der Waals surface area contributed by atoms with E-state index in [2.05, 4.69) is 0 Å². The van der Waals surface area contributed by atoms with Crippen LogP contribution in [0, 0.1) is 5.41 Å². The van der Waals surface area contributed by atoms with E-state index in [4.69, 9.17) is 0 Å². The fraction of sp³-hybridized carbons (Fsp3) is 0.263. The van der Waals surface area contributed by atoms with Gasteiger partial charge in [0, 0.05) is 23.6 Å². The van der Waals surface area contributed by atoms with Crippen molar-refractivity contribution in [3.8, 4) is 0 Å². The predicted octanol–water partition coefficient (Wildman–Crippen LogP) is 3.93. The van der Waals surface area contributed by atoms with E-state index in [1.54, 1.807) is 36.2 Å². The summed E-state index contributed by atoms with van der Waals surface area (Å²) in [5.74, 6) is -0.106. The van der Waals surface area contributed by atoms with Gasteiger partial charge >= 0.3 is 0 Å². The van der Waals surface area contributed by atoms with Crippen molar-refractivity contribution < 1.29 is 9.59 Å². The van der Waals surface area contributed by atoms with E-state index in [0.717, 1.165) is 0 Å². The first-order chi connectivity index (χ1) is 10.3. The minimum absolute atomic E-state index is 0.0270. The molecule has 3 heteroatoms. The Bertz CT molecular complexity index is 684. The fourth-order valence-corrected chi connectivity index (χ4v) is 2.32. The van der Waals surface area contributed by atoms with E-state index in [-0.39, 0.29) is 11.7 Å². The van der Waals surface area contributed by atoms with Crippen molar-refractivity contribution in [2.75, 3.05) is 11.9 Å². The first-order valence-electron chi connectivity index (χ1n) is 7.29. The number of hydrogen-bond donors (Lipinski definition) is 0. The maximum absolute atomic E-state index is 12.7. The maximum atomic E-state index is 12.7. The SMILES string of the molecule is CN(C(=O)C(C)(C)C)c1ccccc1C(=O)c1ccccc1. The molecule has 0 aliphatic rings. The molecule has 2 aromatic rings. The fourth-order valence-electron chi connectivity index (χ4n) is 2.32. The first-order valence-corrected chi connectivity index (χ1v) is 7.29. The second-order valence-corrected chi connectivity index (χ2v) is 6.33. The number of amides is 1. The third-order valence-corrected chi connectivity index (χ3v) is 3.49. The van der Waals surface area contributed by atoms with Gasteiger partial charge in [-0.3, -0.25) is 9.59 Å². The molecule has 3 nitrogen and oxygen atoms in total. The molecule has 0 aromatic heterocycles. The summed E-state index contributed by atoms with van der Waals surface area (Å²) in [5, 5.41) is 0. The summed E-state index contributed by atoms with van der Waals surface area (Å²) in [4.78, 5) is 26.8. The zero-order valence-electron chi connectivity index (χ0n) is 13.5. The van der Waals surface area contributed by atoms with Crippen LogP contribution < -0.4 is 4.90 Å². The summed E-state index contributed by atoms with van der Waals surface area (Å²) < 4.78 is 0. The van der Waals surface area contributed by atoms with Crippen LogP contribution in [0.1, 0.15) is 36.7 Å². The molecule has 22 heavy (non-hydrogen) atoms. The van der Waals surface area contributed by atoms with Gasteiger partial charge in [-0.25, -0.2) is 0 Å². The lowest BCUT2D eigenvalue weighted by Gasteiger charge is -2.27. The molecule has 0 unspecified atom stereocenters. The predicted molar refractivity (Wildman–Crippen MR) is 89.2 cm³/mol. The number of anilines is 1. The lowest BCUT2D eigenvalue weighted by molar-refractivity contribution is -0.125. The van der Waals surface area contributed by atoms with Gasteiger partial charge in [-0.15, -0.1) is 0 Å². The van der Waals surface area contributed by atoms with Crippen LogP contribution in [0.5, 0.6) is 0 Å². The summed E-state index contributed by atoms with van der Waals surface area (Å²) >= 11 is 0. The van der Waals surface area contributed by atoms with Crippen molar-refractivity contribution in [2.45, 2.75) is 20.8 Å². The Labute approximate surface area is 131 Å². The Balaban J connectivity index is 2.44. The van der Waals surface area contributed by atoms with E-state index in [0.29, 0.717) is 16.8 Å². The molecular weight excluding hydrogens is 274 g/mol. The van der Waals surface area contributed by atoms with E-state index in [1.165, 1.54) is 0 Å². The van der Waals surface area contributed by atoms with E-state index in [9.17, 15) is 9.59 Å². The zero-order chi connectivity index (χ0) is 16.3. The number of ketones is 1. The van der Waals surface area contributed by atoms with E-state index in [1.807, 2.05) is 51.1 Å². The summed E-state index contributed by atoms with van der Waals surface area (Å²) in [6, 6.07) is 16.3. The van der Waals surface area contributed by atoms with Crippen LogP contribution in [0.3, 0.4) is 0 Å². The first kappa shape index (κ1) is 16.0. The number of nitrogens with zero attached hydrogens (tertiary/aromatic N) is 1. The van der Waals surface area contributed by atoms with Gasteiger partial charge in [0.2, 0.25) is 5.91 Å². The Morgan fingerprint density at radius 2 is 1.41 bits per heavy atom. The lowest BCUT2D eigenvalue weighted by Crippen LogP contribution is -2.37. The van der Waals surface area contributed by atoms with Crippen LogP contribution in [-0.4, -0.2) is 18.7 Å².